The lowest BCUT2D eigenvalue weighted by Crippen LogP contribution is -2.45. The van der Waals surface area contributed by atoms with Crippen molar-refractivity contribution in [2.24, 2.45) is 21.4 Å². The van der Waals surface area contributed by atoms with Gasteiger partial charge in [0.1, 0.15) is 12.2 Å². The Kier molecular flexibility index (Phi) is 7.48. The maximum absolute atomic E-state index is 14.6. The summed E-state index contributed by atoms with van der Waals surface area (Å²) in [6.07, 6.45) is 4.52. The molecule has 0 unspecified atom stereocenters. The number of hydrazone groups is 1. The summed E-state index contributed by atoms with van der Waals surface area (Å²) in [6, 6.07) is 12.3. The molecular weight excluding hydrogens is 616 g/mol. The molecule has 240 valence electrons. The topological polar surface area (TPSA) is 98.0 Å². The van der Waals surface area contributed by atoms with Gasteiger partial charge in [-0.3, -0.25) is 19.4 Å². The van der Waals surface area contributed by atoms with E-state index in [1.54, 1.807) is 0 Å². The Morgan fingerprint density at radius 2 is 1.53 bits per heavy atom. The van der Waals surface area contributed by atoms with Gasteiger partial charge in [0.05, 0.1) is 11.8 Å². The summed E-state index contributed by atoms with van der Waals surface area (Å²) in [4.78, 5) is 40.6. The molecule has 2 fully saturated rings. The average Bonchev–Trinajstić information content (AvgIpc) is 3.72. The molecule has 3 heterocycles. The summed E-state index contributed by atoms with van der Waals surface area (Å²) in [7, 11) is 0. The number of amides is 3. The first-order chi connectivity index (χ1) is 22.5. The lowest BCUT2D eigenvalue weighted by molar-refractivity contribution is -0.136. The maximum Gasteiger partial charge on any atom is 0.264 e. The zero-order valence-electron chi connectivity index (χ0n) is 25.3. The zero-order chi connectivity index (χ0) is 33.1. The van der Waals surface area contributed by atoms with Crippen LogP contribution in [0.3, 0.4) is 0 Å². The molecule has 9 nitrogen and oxygen atoms in total. The minimum Gasteiger partial charge on any atom is -0.271 e. The van der Waals surface area contributed by atoms with Crippen molar-refractivity contribution in [1.82, 2.24) is 10.0 Å². The number of allylic oxidation sites excluding steroid dienone is 1. The summed E-state index contributed by atoms with van der Waals surface area (Å²) in [5.74, 6) is -10.5. The number of nitrogens with zero attached hydrogens (tertiary/aromatic N) is 6. The van der Waals surface area contributed by atoms with Gasteiger partial charge in [0.15, 0.2) is 35.4 Å². The molecule has 47 heavy (non-hydrogen) atoms. The molecule has 4 atom stereocenters. The Morgan fingerprint density at radius 1 is 0.894 bits per heavy atom. The van der Waals surface area contributed by atoms with Crippen molar-refractivity contribution in [3.8, 4) is 0 Å². The highest BCUT2D eigenvalue weighted by Gasteiger charge is 2.57. The van der Waals surface area contributed by atoms with E-state index in [0.717, 1.165) is 57.8 Å². The molecule has 1 saturated heterocycles. The van der Waals surface area contributed by atoms with E-state index in [0.29, 0.717) is 0 Å². The van der Waals surface area contributed by atoms with Gasteiger partial charge in [-0.25, -0.2) is 27.5 Å². The number of carbonyl (C=O) groups is 3. The van der Waals surface area contributed by atoms with Gasteiger partial charge in [0.2, 0.25) is 0 Å². The monoisotopic (exact) mass is 644 g/mol. The second kappa shape index (κ2) is 11.6. The van der Waals surface area contributed by atoms with E-state index in [4.69, 9.17) is 5.10 Å². The number of fused-ring (bicyclic) bond motifs is 2. The van der Waals surface area contributed by atoms with Crippen molar-refractivity contribution in [1.29, 1.82) is 0 Å². The first-order valence-corrected chi connectivity index (χ1v) is 15.2. The summed E-state index contributed by atoms with van der Waals surface area (Å²) < 4.78 is 57.2. The number of aryl methyl sites for hydroxylation is 2. The van der Waals surface area contributed by atoms with Crippen LogP contribution in [0.4, 0.5) is 23.2 Å². The van der Waals surface area contributed by atoms with E-state index in [1.165, 1.54) is 5.01 Å². The number of imide groups is 1. The highest BCUT2D eigenvalue weighted by Crippen LogP contribution is 2.45. The van der Waals surface area contributed by atoms with E-state index >= 15 is 0 Å². The van der Waals surface area contributed by atoms with E-state index in [2.05, 4.69) is 16.4 Å². The number of anilines is 1. The summed E-state index contributed by atoms with van der Waals surface area (Å²) >= 11 is 0. The van der Waals surface area contributed by atoms with Crippen molar-refractivity contribution in [3.05, 3.63) is 106 Å². The SMILES string of the molecule is Cc1ccc(/C=C2\CCC[C@@H]3C2=NN(C(=O)CN2N=N[C@@H]4C(=O)N(c5c(F)c(F)cc(F)c5F)C(=O)[C@H]42)[C@@H]3c2ccc(C)cc2)cc1. The number of halogens is 4. The first-order valence-electron chi connectivity index (χ1n) is 15.2. The molecule has 0 N–H and O–H groups in total. The molecule has 7 rings (SSSR count). The Bertz CT molecular complexity index is 1880. The quantitative estimate of drug-likeness (QED) is 0.194. The minimum atomic E-state index is -1.91. The van der Waals surface area contributed by atoms with Crippen LogP contribution >= 0.6 is 0 Å². The van der Waals surface area contributed by atoms with Gasteiger partial charge >= 0.3 is 0 Å². The number of benzene rings is 3. The van der Waals surface area contributed by atoms with Crippen molar-refractivity contribution in [2.75, 3.05) is 11.4 Å². The Balaban J connectivity index is 1.20. The van der Waals surface area contributed by atoms with Gasteiger partial charge in [0.25, 0.3) is 17.7 Å². The first kappa shape index (κ1) is 30.5. The molecular formula is C34H28F4N6O3. The third kappa shape index (κ3) is 5.09. The van der Waals surface area contributed by atoms with Crippen molar-refractivity contribution >= 4 is 35.2 Å². The second-order valence-corrected chi connectivity index (χ2v) is 12.2. The lowest BCUT2D eigenvalue weighted by atomic mass is 9.77. The van der Waals surface area contributed by atoms with Crippen LogP contribution in [-0.2, 0) is 14.4 Å². The molecule has 3 aromatic rings. The molecule has 3 amide bonds. The van der Waals surface area contributed by atoms with Crippen molar-refractivity contribution < 1.29 is 31.9 Å². The molecule has 13 heteroatoms. The third-order valence-corrected chi connectivity index (χ3v) is 9.06. The molecule has 0 spiro atoms. The van der Waals surface area contributed by atoms with Crippen LogP contribution in [0.15, 0.2) is 75.6 Å². The van der Waals surface area contributed by atoms with Crippen LogP contribution in [0, 0.1) is 43.0 Å². The van der Waals surface area contributed by atoms with Crippen LogP contribution in [0.2, 0.25) is 0 Å². The van der Waals surface area contributed by atoms with E-state index in [1.807, 2.05) is 62.4 Å². The van der Waals surface area contributed by atoms with Crippen molar-refractivity contribution in [2.45, 2.75) is 51.2 Å². The van der Waals surface area contributed by atoms with Crippen molar-refractivity contribution in [3.63, 3.8) is 0 Å². The largest absolute Gasteiger partial charge is 0.271 e. The Morgan fingerprint density at radius 3 is 2.19 bits per heavy atom. The van der Waals surface area contributed by atoms with E-state index < -0.39 is 71.3 Å². The molecule has 3 aliphatic heterocycles. The van der Waals surface area contributed by atoms with Crippen LogP contribution in [-0.4, -0.2) is 52.1 Å². The van der Waals surface area contributed by atoms with E-state index in [-0.39, 0.29) is 16.9 Å². The van der Waals surface area contributed by atoms with Crippen LogP contribution < -0.4 is 4.90 Å². The fourth-order valence-corrected chi connectivity index (χ4v) is 6.71. The molecule has 1 aliphatic carbocycles. The molecule has 3 aromatic carbocycles. The molecule has 4 aliphatic rings. The van der Waals surface area contributed by atoms with Crippen LogP contribution in [0.25, 0.3) is 6.08 Å². The highest BCUT2D eigenvalue weighted by molar-refractivity contribution is 6.25. The van der Waals surface area contributed by atoms with Gasteiger partial charge in [0, 0.05) is 12.0 Å². The lowest BCUT2D eigenvalue weighted by Gasteiger charge is -2.30. The Hall–Kier alpha value is -5.20. The van der Waals surface area contributed by atoms with Crippen LogP contribution in [0.1, 0.15) is 47.6 Å². The van der Waals surface area contributed by atoms with Gasteiger partial charge in [-0.15, -0.1) is 0 Å². The molecule has 0 bridgehead atoms. The standard InChI is InChI=1S/C34H28F4N6O3/c1-17-6-10-19(11-7-17)14-21-4-3-5-22-28(21)40-44(30(22)20-12-8-18(2)9-13-20)25(45)16-42-32-29(39-41-42)33(46)43(34(32)47)31-26(37)23(35)15-24(36)27(31)38/h6-15,22,29-30,32H,3-5,16H2,1-2H3/b21-14+/t22-,29+,30-,32+/m1/s1. The fourth-order valence-electron chi connectivity index (χ4n) is 6.71. The van der Waals surface area contributed by atoms with Gasteiger partial charge in [-0.05, 0) is 55.9 Å². The average molecular weight is 645 g/mol. The molecule has 1 saturated carbocycles. The maximum atomic E-state index is 14.6. The number of hydrogen-bond donors (Lipinski definition) is 0. The molecule has 0 aromatic heterocycles. The summed E-state index contributed by atoms with van der Waals surface area (Å²) in [6.45, 7) is 3.42. The predicted octanol–water partition coefficient (Wildman–Crippen LogP) is 5.98. The van der Waals surface area contributed by atoms with Gasteiger partial charge < -0.3 is 0 Å². The summed E-state index contributed by atoms with van der Waals surface area (Å²) in [5, 5.41) is 14.8. The van der Waals surface area contributed by atoms with Gasteiger partial charge in [-0.2, -0.15) is 10.2 Å². The van der Waals surface area contributed by atoms with Gasteiger partial charge in [-0.1, -0.05) is 64.9 Å². The minimum absolute atomic E-state index is 0.0221. The number of carbonyl (C=O) groups excluding carboxylic acids is 3. The number of rotatable bonds is 5. The number of hydrogen-bond acceptors (Lipinski definition) is 7. The zero-order valence-corrected chi connectivity index (χ0v) is 25.3. The van der Waals surface area contributed by atoms with Crippen LogP contribution in [0.5, 0.6) is 0 Å². The second-order valence-electron chi connectivity index (χ2n) is 12.2. The summed E-state index contributed by atoms with van der Waals surface area (Å²) in [5.41, 5.74) is 4.37. The third-order valence-electron chi connectivity index (χ3n) is 9.06. The predicted molar refractivity (Wildman–Crippen MR) is 163 cm³/mol. The smallest absolute Gasteiger partial charge is 0.264 e. The van der Waals surface area contributed by atoms with E-state index in [9.17, 15) is 31.9 Å². The molecule has 0 radical (unpaired) electrons. The normalized spacial score (nSPS) is 24.3. The Labute approximate surface area is 266 Å². The fraction of sp³-hybridized carbons (Fsp3) is 0.294. The highest BCUT2D eigenvalue weighted by atomic mass is 19.2.